The number of aryl methyl sites for hydroxylation is 1. The summed E-state index contributed by atoms with van der Waals surface area (Å²) in [4.78, 5) is 22.8. The molecule has 0 saturated heterocycles. The summed E-state index contributed by atoms with van der Waals surface area (Å²) in [7, 11) is 0. The number of hydrogen-bond donors (Lipinski definition) is 2. The maximum Gasteiger partial charge on any atom is 0.305 e. The lowest BCUT2D eigenvalue weighted by atomic mass is 9.82. The van der Waals surface area contributed by atoms with E-state index in [1.807, 2.05) is 19.1 Å². The molecule has 2 aromatic rings. The first-order chi connectivity index (χ1) is 15.1. The van der Waals surface area contributed by atoms with Crippen molar-refractivity contribution < 1.29 is 23.8 Å². The molecule has 1 aliphatic carbocycles. The van der Waals surface area contributed by atoms with E-state index in [0.717, 1.165) is 29.9 Å². The molecule has 3 rings (SSSR count). The lowest BCUT2D eigenvalue weighted by Crippen LogP contribution is -2.26. The highest BCUT2D eigenvalue weighted by Gasteiger charge is 2.31. The summed E-state index contributed by atoms with van der Waals surface area (Å²) in [6.45, 7) is 8.55. The summed E-state index contributed by atoms with van der Waals surface area (Å²) in [5, 5.41) is 11.3. The average Bonchev–Trinajstić information content (AvgIpc) is 3.14. The van der Waals surface area contributed by atoms with Gasteiger partial charge >= 0.3 is 5.97 Å². The molecule has 1 unspecified atom stereocenters. The molecule has 0 radical (unpaired) electrons. The summed E-state index contributed by atoms with van der Waals surface area (Å²) in [6, 6.07) is 9.20. The van der Waals surface area contributed by atoms with Gasteiger partial charge in [0.2, 0.25) is 0 Å². The number of carbonyl (C=O) groups excluding carboxylic acids is 1. The van der Waals surface area contributed by atoms with Gasteiger partial charge in [-0.15, -0.1) is 0 Å². The quantitative estimate of drug-likeness (QED) is 0.541. The molecule has 1 aromatic heterocycles. The molecule has 174 valence electrons. The van der Waals surface area contributed by atoms with E-state index < -0.39 is 5.97 Å². The molecule has 1 aliphatic rings. The van der Waals surface area contributed by atoms with E-state index in [0.29, 0.717) is 17.2 Å². The third kappa shape index (κ3) is 6.15. The highest BCUT2D eigenvalue weighted by Crippen LogP contribution is 2.41. The van der Waals surface area contributed by atoms with Crippen LogP contribution in [-0.4, -0.2) is 23.5 Å². The molecule has 6 heteroatoms. The van der Waals surface area contributed by atoms with Crippen molar-refractivity contribution in [2.24, 2.45) is 5.92 Å². The minimum Gasteiger partial charge on any atom is -0.485 e. The third-order valence-electron chi connectivity index (χ3n) is 6.08. The van der Waals surface area contributed by atoms with Gasteiger partial charge in [-0.25, -0.2) is 0 Å². The van der Waals surface area contributed by atoms with E-state index in [4.69, 9.17) is 14.3 Å². The van der Waals surface area contributed by atoms with Crippen molar-refractivity contribution in [3.8, 4) is 5.75 Å². The Morgan fingerprint density at radius 2 is 1.81 bits per heavy atom. The van der Waals surface area contributed by atoms with Gasteiger partial charge in [0, 0.05) is 29.0 Å². The third-order valence-corrected chi connectivity index (χ3v) is 6.08. The van der Waals surface area contributed by atoms with Crippen LogP contribution in [0.4, 0.5) is 0 Å². The molecule has 0 aliphatic heterocycles. The molecule has 0 bridgehead atoms. The van der Waals surface area contributed by atoms with Crippen molar-refractivity contribution in [2.45, 2.75) is 77.7 Å². The van der Waals surface area contributed by atoms with Crippen LogP contribution < -0.4 is 10.1 Å². The van der Waals surface area contributed by atoms with Crippen LogP contribution in [0.15, 0.2) is 34.7 Å². The van der Waals surface area contributed by atoms with Crippen LogP contribution >= 0.6 is 0 Å². The number of rotatable bonds is 8. The largest absolute Gasteiger partial charge is 0.485 e. The molecular weight excluding hydrogens is 406 g/mol. The standard InChI is InChI=1S/C26H35NO5/c1-17-21(16-22(31-17)26(2,3)4)24(18-8-6-5-7-9-18)32-20-12-10-19(11-13-20)25(30)27-15-14-23(28)29/h10-13,16,18,24H,5-9,14-15H2,1-4H3,(H,27,30)(H,28,29). The first-order valence-electron chi connectivity index (χ1n) is 11.5. The van der Waals surface area contributed by atoms with Gasteiger partial charge in [-0.05, 0) is 50.1 Å². The minimum atomic E-state index is -0.938. The first kappa shape index (κ1) is 23.9. The Morgan fingerprint density at radius 1 is 1.16 bits per heavy atom. The second-order valence-electron chi connectivity index (χ2n) is 9.73. The van der Waals surface area contributed by atoms with Crippen molar-refractivity contribution in [3.63, 3.8) is 0 Å². The van der Waals surface area contributed by atoms with Crippen LogP contribution in [0.5, 0.6) is 5.75 Å². The van der Waals surface area contributed by atoms with E-state index in [1.165, 1.54) is 19.3 Å². The van der Waals surface area contributed by atoms with E-state index in [-0.39, 0.29) is 30.4 Å². The number of hydrogen-bond acceptors (Lipinski definition) is 4. The molecule has 0 spiro atoms. The van der Waals surface area contributed by atoms with Gasteiger partial charge in [-0.1, -0.05) is 40.0 Å². The van der Waals surface area contributed by atoms with E-state index >= 15 is 0 Å². The highest BCUT2D eigenvalue weighted by atomic mass is 16.5. The zero-order valence-electron chi connectivity index (χ0n) is 19.6. The number of furan rings is 1. The maximum absolute atomic E-state index is 12.2. The van der Waals surface area contributed by atoms with Crippen LogP contribution in [0.3, 0.4) is 0 Å². The summed E-state index contributed by atoms with van der Waals surface area (Å²) in [6.07, 6.45) is 5.76. The monoisotopic (exact) mass is 441 g/mol. The minimum absolute atomic E-state index is 0.0736. The van der Waals surface area contributed by atoms with Crippen LogP contribution in [0, 0.1) is 12.8 Å². The van der Waals surface area contributed by atoms with E-state index in [2.05, 4.69) is 32.2 Å². The fourth-order valence-electron chi connectivity index (χ4n) is 4.22. The number of carboxylic acid groups (broad SMARTS) is 1. The van der Waals surface area contributed by atoms with Crippen LogP contribution in [0.1, 0.15) is 92.8 Å². The fourth-order valence-corrected chi connectivity index (χ4v) is 4.22. The Kier molecular flexibility index (Phi) is 7.64. The van der Waals surface area contributed by atoms with E-state index in [1.54, 1.807) is 12.1 Å². The zero-order chi connectivity index (χ0) is 23.3. The average molecular weight is 442 g/mol. The molecule has 32 heavy (non-hydrogen) atoms. The summed E-state index contributed by atoms with van der Waals surface area (Å²) < 4.78 is 12.6. The summed E-state index contributed by atoms with van der Waals surface area (Å²) in [5.41, 5.74) is 1.51. The molecule has 1 saturated carbocycles. The Labute approximate surface area is 190 Å². The van der Waals surface area contributed by atoms with Gasteiger partial charge in [0.25, 0.3) is 5.91 Å². The molecule has 2 N–H and O–H groups in total. The predicted octanol–water partition coefficient (Wildman–Crippen LogP) is 5.79. The molecule has 1 amide bonds. The Hall–Kier alpha value is -2.76. The second kappa shape index (κ2) is 10.2. The second-order valence-corrected chi connectivity index (χ2v) is 9.73. The zero-order valence-corrected chi connectivity index (χ0v) is 19.6. The number of nitrogens with one attached hydrogen (secondary N) is 1. The molecular formula is C26H35NO5. The van der Waals surface area contributed by atoms with E-state index in [9.17, 15) is 9.59 Å². The number of ether oxygens (including phenoxy) is 1. The Balaban J connectivity index is 1.78. The summed E-state index contributed by atoms with van der Waals surface area (Å²) >= 11 is 0. The van der Waals surface area contributed by atoms with Gasteiger partial charge in [0.05, 0.1) is 6.42 Å². The molecule has 1 aromatic carbocycles. The predicted molar refractivity (Wildman–Crippen MR) is 123 cm³/mol. The summed E-state index contributed by atoms with van der Waals surface area (Å²) in [5.74, 6) is 1.77. The van der Waals surface area contributed by atoms with Crippen molar-refractivity contribution in [2.75, 3.05) is 6.54 Å². The number of carbonyl (C=O) groups is 2. The van der Waals surface area contributed by atoms with Crippen molar-refractivity contribution in [1.82, 2.24) is 5.32 Å². The lowest BCUT2D eigenvalue weighted by Gasteiger charge is -2.30. The number of amides is 1. The highest BCUT2D eigenvalue weighted by molar-refractivity contribution is 5.94. The Bertz CT molecular complexity index is 917. The molecule has 1 heterocycles. The SMILES string of the molecule is Cc1oc(C(C)(C)C)cc1C(Oc1ccc(C(=O)NCCC(=O)O)cc1)C1CCCCC1. The van der Waals surface area contributed by atoms with Crippen molar-refractivity contribution >= 4 is 11.9 Å². The van der Waals surface area contributed by atoms with Gasteiger partial charge in [-0.2, -0.15) is 0 Å². The topological polar surface area (TPSA) is 88.8 Å². The number of benzene rings is 1. The van der Waals surface area contributed by atoms with Gasteiger partial charge in [0.15, 0.2) is 0 Å². The smallest absolute Gasteiger partial charge is 0.305 e. The van der Waals surface area contributed by atoms with Gasteiger partial charge < -0.3 is 19.6 Å². The maximum atomic E-state index is 12.2. The fraction of sp³-hybridized carbons (Fsp3) is 0.538. The molecule has 1 atom stereocenters. The number of aliphatic carboxylic acids is 1. The molecule has 6 nitrogen and oxygen atoms in total. The van der Waals surface area contributed by atoms with Crippen LogP contribution in [-0.2, 0) is 10.2 Å². The Morgan fingerprint density at radius 3 is 2.38 bits per heavy atom. The van der Waals surface area contributed by atoms with Crippen molar-refractivity contribution in [1.29, 1.82) is 0 Å². The number of carboxylic acids is 1. The van der Waals surface area contributed by atoms with Crippen LogP contribution in [0.2, 0.25) is 0 Å². The van der Waals surface area contributed by atoms with Gasteiger partial charge in [0.1, 0.15) is 23.4 Å². The first-order valence-corrected chi connectivity index (χ1v) is 11.5. The van der Waals surface area contributed by atoms with Crippen LogP contribution in [0.25, 0.3) is 0 Å². The lowest BCUT2D eigenvalue weighted by molar-refractivity contribution is -0.136. The van der Waals surface area contributed by atoms with Crippen molar-refractivity contribution in [3.05, 3.63) is 53.0 Å². The normalized spacial score (nSPS) is 15.9. The van der Waals surface area contributed by atoms with Gasteiger partial charge in [-0.3, -0.25) is 9.59 Å². The molecule has 1 fully saturated rings.